The molecule has 3 amide bonds. The van der Waals surface area contributed by atoms with Crippen LogP contribution in [0.2, 0.25) is 0 Å². The number of esters is 1. The van der Waals surface area contributed by atoms with Crippen LogP contribution in [0, 0.1) is 0 Å². The number of carbonyl (C=O) groups is 3. The molecule has 16 heavy (non-hydrogen) atoms. The molecule has 0 fully saturated rings. The summed E-state index contributed by atoms with van der Waals surface area (Å²) in [6.07, 6.45) is -1.39. The first-order chi connectivity index (χ1) is 7.43. The second-order valence-corrected chi connectivity index (χ2v) is 2.73. The van der Waals surface area contributed by atoms with Crippen LogP contribution in [0.3, 0.4) is 0 Å². The van der Waals surface area contributed by atoms with Crippen molar-refractivity contribution in [3.05, 3.63) is 12.2 Å². The summed E-state index contributed by atoms with van der Waals surface area (Å²) in [6.45, 7) is 4.91. The third-order valence-corrected chi connectivity index (χ3v) is 1.25. The molecule has 0 unspecified atom stereocenters. The highest BCUT2D eigenvalue weighted by atomic mass is 16.5. The van der Waals surface area contributed by atoms with E-state index in [1.54, 1.807) is 5.43 Å². The molecule has 0 aromatic rings. The molecule has 8 nitrogen and oxygen atoms in total. The van der Waals surface area contributed by atoms with Crippen LogP contribution in [0.5, 0.6) is 0 Å². The number of rotatable bonds is 4. The SMILES string of the molecule is C=C(C)C(=O)OCCNC(=O)NNC(=O)O. The van der Waals surface area contributed by atoms with E-state index in [1.165, 1.54) is 6.92 Å². The standard InChI is InChI=1S/C8H13N3O5/c1-5(2)6(12)16-4-3-9-7(13)10-11-8(14)15/h11H,1,3-4H2,2H3,(H,14,15)(H2,9,10,13). The van der Waals surface area contributed by atoms with Gasteiger partial charge in [-0.05, 0) is 6.92 Å². The fourth-order valence-electron chi connectivity index (χ4n) is 0.586. The molecule has 0 aromatic heterocycles. The minimum Gasteiger partial charge on any atom is -0.464 e. The van der Waals surface area contributed by atoms with E-state index in [1.807, 2.05) is 5.43 Å². The Bertz CT molecular complexity index is 302. The van der Waals surface area contributed by atoms with Gasteiger partial charge in [-0.1, -0.05) is 6.58 Å². The number of hydrazine groups is 1. The normalized spacial score (nSPS) is 8.81. The molecule has 0 aliphatic heterocycles. The number of carboxylic acid groups (broad SMARTS) is 1. The van der Waals surface area contributed by atoms with Gasteiger partial charge in [0.05, 0.1) is 6.54 Å². The first-order valence-electron chi connectivity index (χ1n) is 4.29. The maximum atomic E-state index is 10.9. The maximum absolute atomic E-state index is 10.9. The van der Waals surface area contributed by atoms with Crippen molar-refractivity contribution < 1.29 is 24.2 Å². The summed E-state index contributed by atoms with van der Waals surface area (Å²) < 4.78 is 4.66. The van der Waals surface area contributed by atoms with Crippen LogP contribution in [0.1, 0.15) is 6.92 Å². The highest BCUT2D eigenvalue weighted by Gasteiger charge is 2.04. The van der Waals surface area contributed by atoms with Crippen LogP contribution >= 0.6 is 0 Å². The van der Waals surface area contributed by atoms with Crippen molar-refractivity contribution in [3.63, 3.8) is 0 Å². The number of hydrogen-bond acceptors (Lipinski definition) is 4. The van der Waals surface area contributed by atoms with Crippen molar-refractivity contribution in [2.45, 2.75) is 6.92 Å². The van der Waals surface area contributed by atoms with Crippen molar-refractivity contribution in [1.82, 2.24) is 16.2 Å². The summed E-state index contributed by atoms with van der Waals surface area (Å²) in [4.78, 5) is 31.6. The Morgan fingerprint density at radius 3 is 2.44 bits per heavy atom. The van der Waals surface area contributed by atoms with Gasteiger partial charge in [0, 0.05) is 5.57 Å². The third-order valence-electron chi connectivity index (χ3n) is 1.25. The number of ether oxygens (including phenoxy) is 1. The number of hydrogen-bond donors (Lipinski definition) is 4. The Morgan fingerprint density at radius 1 is 1.31 bits per heavy atom. The van der Waals surface area contributed by atoms with Gasteiger partial charge < -0.3 is 15.2 Å². The van der Waals surface area contributed by atoms with Crippen LogP contribution in [0.15, 0.2) is 12.2 Å². The van der Waals surface area contributed by atoms with Gasteiger partial charge in [0.25, 0.3) is 0 Å². The Hall–Kier alpha value is -2.25. The van der Waals surface area contributed by atoms with Crippen LogP contribution < -0.4 is 16.2 Å². The van der Waals surface area contributed by atoms with E-state index in [2.05, 4.69) is 16.6 Å². The number of nitrogens with one attached hydrogen (secondary N) is 3. The van der Waals surface area contributed by atoms with Crippen molar-refractivity contribution in [2.75, 3.05) is 13.2 Å². The van der Waals surface area contributed by atoms with E-state index < -0.39 is 18.1 Å². The van der Waals surface area contributed by atoms with E-state index in [-0.39, 0.29) is 18.7 Å². The summed E-state index contributed by atoms with van der Waals surface area (Å²) >= 11 is 0. The van der Waals surface area contributed by atoms with Crippen molar-refractivity contribution in [3.8, 4) is 0 Å². The van der Waals surface area contributed by atoms with E-state index in [9.17, 15) is 14.4 Å². The number of urea groups is 1. The summed E-state index contributed by atoms with van der Waals surface area (Å²) in [6, 6.07) is -0.742. The lowest BCUT2D eigenvalue weighted by Gasteiger charge is -2.07. The molecule has 0 aliphatic rings. The third kappa shape index (κ3) is 7.18. The Kier molecular flexibility index (Phi) is 6.10. The summed E-state index contributed by atoms with van der Waals surface area (Å²) in [5, 5.41) is 10.4. The number of amides is 3. The van der Waals surface area contributed by atoms with Crippen LogP contribution in [-0.4, -0.2) is 36.4 Å². The molecule has 0 saturated heterocycles. The van der Waals surface area contributed by atoms with Gasteiger partial charge in [-0.2, -0.15) is 0 Å². The predicted molar refractivity (Wildman–Crippen MR) is 53.5 cm³/mol. The summed E-state index contributed by atoms with van der Waals surface area (Å²) in [7, 11) is 0. The maximum Gasteiger partial charge on any atom is 0.423 e. The van der Waals surface area contributed by atoms with Crippen molar-refractivity contribution in [1.29, 1.82) is 0 Å². The van der Waals surface area contributed by atoms with E-state index in [4.69, 9.17) is 5.11 Å². The fraction of sp³-hybridized carbons (Fsp3) is 0.375. The topological polar surface area (TPSA) is 117 Å². The van der Waals surface area contributed by atoms with Crippen molar-refractivity contribution >= 4 is 18.1 Å². The lowest BCUT2D eigenvalue weighted by atomic mass is 10.4. The van der Waals surface area contributed by atoms with Crippen LogP contribution in [-0.2, 0) is 9.53 Å². The molecule has 90 valence electrons. The average Bonchev–Trinajstić information content (AvgIpc) is 2.20. The van der Waals surface area contributed by atoms with Crippen molar-refractivity contribution in [2.24, 2.45) is 0 Å². The Morgan fingerprint density at radius 2 is 1.94 bits per heavy atom. The molecule has 0 aliphatic carbocycles. The second kappa shape index (κ2) is 7.10. The molecular weight excluding hydrogens is 218 g/mol. The second-order valence-electron chi connectivity index (χ2n) is 2.73. The van der Waals surface area contributed by atoms with Gasteiger partial charge in [0.15, 0.2) is 0 Å². The minimum atomic E-state index is -1.39. The van der Waals surface area contributed by atoms with Gasteiger partial charge in [-0.25, -0.2) is 25.2 Å². The quantitative estimate of drug-likeness (QED) is 0.227. The lowest BCUT2D eigenvalue weighted by Crippen LogP contribution is -2.47. The molecule has 4 N–H and O–H groups in total. The van der Waals surface area contributed by atoms with Crippen LogP contribution in [0.4, 0.5) is 9.59 Å². The molecule has 0 saturated carbocycles. The highest BCUT2D eigenvalue weighted by Crippen LogP contribution is 1.90. The Labute approximate surface area is 91.6 Å². The molecule has 0 atom stereocenters. The van der Waals surface area contributed by atoms with Gasteiger partial charge in [0.2, 0.25) is 0 Å². The first kappa shape index (κ1) is 13.8. The zero-order chi connectivity index (χ0) is 12.6. The molecule has 0 heterocycles. The van der Waals surface area contributed by atoms with Gasteiger partial charge >= 0.3 is 18.1 Å². The smallest absolute Gasteiger partial charge is 0.423 e. The monoisotopic (exact) mass is 231 g/mol. The molecule has 0 rings (SSSR count). The molecule has 8 heteroatoms. The molecule has 0 radical (unpaired) electrons. The predicted octanol–water partition coefficient (Wildman–Crippen LogP) is -0.412. The Balaban J connectivity index is 3.52. The zero-order valence-corrected chi connectivity index (χ0v) is 8.70. The highest BCUT2D eigenvalue weighted by molar-refractivity contribution is 5.86. The summed E-state index contributed by atoms with van der Waals surface area (Å²) in [5.74, 6) is -0.550. The van der Waals surface area contributed by atoms with Gasteiger partial charge in [0.1, 0.15) is 6.61 Å². The van der Waals surface area contributed by atoms with Gasteiger partial charge in [-0.15, -0.1) is 0 Å². The lowest BCUT2D eigenvalue weighted by molar-refractivity contribution is -0.138. The van der Waals surface area contributed by atoms with Crippen LogP contribution in [0.25, 0.3) is 0 Å². The fourth-order valence-corrected chi connectivity index (χ4v) is 0.586. The molecule has 0 aromatic carbocycles. The molecule has 0 bridgehead atoms. The largest absolute Gasteiger partial charge is 0.464 e. The molecular formula is C8H13N3O5. The van der Waals surface area contributed by atoms with Gasteiger partial charge in [-0.3, -0.25) is 0 Å². The van der Waals surface area contributed by atoms with E-state index in [0.717, 1.165) is 0 Å². The minimum absolute atomic E-state index is 0.0216. The summed E-state index contributed by atoms with van der Waals surface area (Å²) in [5.41, 5.74) is 3.74. The van der Waals surface area contributed by atoms with E-state index in [0.29, 0.717) is 0 Å². The molecule has 0 spiro atoms. The number of carbonyl (C=O) groups excluding carboxylic acids is 2. The zero-order valence-electron chi connectivity index (χ0n) is 8.70. The van der Waals surface area contributed by atoms with E-state index >= 15 is 0 Å². The average molecular weight is 231 g/mol. The first-order valence-corrected chi connectivity index (χ1v) is 4.29.